The highest BCUT2D eigenvalue weighted by Crippen LogP contribution is 2.34. The highest BCUT2D eigenvalue weighted by Gasteiger charge is 2.25. The van der Waals surface area contributed by atoms with Crippen molar-refractivity contribution in [2.75, 3.05) is 0 Å². The first-order valence-corrected chi connectivity index (χ1v) is 7.12. The van der Waals surface area contributed by atoms with Crippen LogP contribution in [0.1, 0.15) is 38.4 Å². The van der Waals surface area contributed by atoms with Crippen LogP contribution in [0.2, 0.25) is 0 Å². The summed E-state index contributed by atoms with van der Waals surface area (Å²) in [6.45, 7) is 2.06. The van der Waals surface area contributed by atoms with E-state index >= 15 is 0 Å². The molecule has 0 unspecified atom stereocenters. The summed E-state index contributed by atoms with van der Waals surface area (Å²) >= 11 is 3.16. The second-order valence-corrected chi connectivity index (χ2v) is 6.08. The number of rotatable bonds is 3. The minimum absolute atomic E-state index is 0.155. The predicted octanol–water partition coefficient (Wildman–Crippen LogP) is 2.50. The summed E-state index contributed by atoms with van der Waals surface area (Å²) in [7, 11) is 0. The Balaban J connectivity index is 1.95. The van der Waals surface area contributed by atoms with E-state index in [1.54, 1.807) is 11.8 Å². The Kier molecular flexibility index (Phi) is 3.99. The van der Waals surface area contributed by atoms with E-state index in [0.29, 0.717) is 5.25 Å². The zero-order chi connectivity index (χ0) is 10.7. The fourth-order valence-electron chi connectivity index (χ4n) is 1.77. The number of aliphatic hydroxyl groups excluding tert-OH is 1. The third-order valence-electron chi connectivity index (χ3n) is 2.69. The van der Waals surface area contributed by atoms with Crippen molar-refractivity contribution in [1.82, 2.24) is 9.36 Å². The van der Waals surface area contributed by atoms with Crippen molar-refractivity contribution < 1.29 is 5.11 Å². The molecule has 1 aromatic rings. The van der Waals surface area contributed by atoms with E-state index < -0.39 is 0 Å². The van der Waals surface area contributed by atoms with Gasteiger partial charge in [-0.1, -0.05) is 31.5 Å². The molecule has 1 fully saturated rings. The zero-order valence-electron chi connectivity index (χ0n) is 8.85. The first kappa shape index (κ1) is 11.4. The van der Waals surface area contributed by atoms with Gasteiger partial charge in [0.15, 0.2) is 4.34 Å². The Morgan fingerprint density at radius 1 is 1.47 bits per heavy atom. The van der Waals surface area contributed by atoms with E-state index in [2.05, 4.69) is 16.3 Å². The SMILES string of the molecule is CCc1nsc(S[C@H]2CCCC[C@@H]2O)n1. The second kappa shape index (κ2) is 5.27. The summed E-state index contributed by atoms with van der Waals surface area (Å²) in [6, 6.07) is 0. The van der Waals surface area contributed by atoms with Gasteiger partial charge in [-0.2, -0.15) is 4.37 Å². The minimum Gasteiger partial charge on any atom is -0.392 e. The molecular weight excluding hydrogens is 228 g/mol. The first-order valence-electron chi connectivity index (χ1n) is 5.47. The lowest BCUT2D eigenvalue weighted by atomic mass is 9.97. The molecular formula is C10H16N2OS2. The van der Waals surface area contributed by atoms with E-state index in [9.17, 15) is 5.11 Å². The van der Waals surface area contributed by atoms with E-state index in [1.165, 1.54) is 18.0 Å². The fraction of sp³-hybridized carbons (Fsp3) is 0.800. The van der Waals surface area contributed by atoms with Crippen molar-refractivity contribution >= 4 is 23.3 Å². The molecule has 1 aromatic heterocycles. The van der Waals surface area contributed by atoms with Crippen LogP contribution in [0.15, 0.2) is 4.34 Å². The number of aryl methyl sites for hydroxylation is 1. The quantitative estimate of drug-likeness (QED) is 0.887. The number of aliphatic hydroxyl groups is 1. The average molecular weight is 244 g/mol. The highest BCUT2D eigenvalue weighted by atomic mass is 32.2. The van der Waals surface area contributed by atoms with Crippen molar-refractivity contribution in [1.29, 1.82) is 0 Å². The molecule has 0 saturated heterocycles. The van der Waals surface area contributed by atoms with Crippen molar-refractivity contribution in [3.8, 4) is 0 Å². The van der Waals surface area contributed by atoms with Gasteiger partial charge in [0.2, 0.25) is 0 Å². The average Bonchev–Trinajstić information content (AvgIpc) is 2.69. The third kappa shape index (κ3) is 2.92. The van der Waals surface area contributed by atoms with Crippen molar-refractivity contribution in [3.63, 3.8) is 0 Å². The molecule has 0 amide bonds. The number of nitrogens with zero attached hydrogens (tertiary/aromatic N) is 2. The van der Waals surface area contributed by atoms with Crippen LogP contribution in [0, 0.1) is 0 Å². The maximum absolute atomic E-state index is 9.83. The van der Waals surface area contributed by atoms with Crippen LogP contribution < -0.4 is 0 Å². The largest absolute Gasteiger partial charge is 0.392 e. The fourth-order valence-corrected chi connectivity index (χ4v) is 3.92. The standard InChI is InChI=1S/C10H16N2OS2/c1-2-9-11-10(15-12-9)14-8-6-4-3-5-7(8)13/h7-8,13H,2-6H2,1H3/t7-,8-/m0/s1. The molecule has 1 heterocycles. The maximum atomic E-state index is 9.83. The Bertz CT molecular complexity index is 316. The van der Waals surface area contributed by atoms with E-state index in [0.717, 1.165) is 35.8 Å². The van der Waals surface area contributed by atoms with Gasteiger partial charge in [0.05, 0.1) is 6.10 Å². The number of thioether (sulfide) groups is 1. The van der Waals surface area contributed by atoms with Gasteiger partial charge in [-0.05, 0) is 24.4 Å². The monoisotopic (exact) mass is 244 g/mol. The Morgan fingerprint density at radius 2 is 2.27 bits per heavy atom. The van der Waals surface area contributed by atoms with Gasteiger partial charge >= 0.3 is 0 Å². The summed E-state index contributed by atoms with van der Waals surface area (Å²) in [6.07, 6.45) is 5.18. The molecule has 1 aliphatic rings. The number of hydrogen-bond acceptors (Lipinski definition) is 5. The van der Waals surface area contributed by atoms with Crippen LogP contribution in [0.5, 0.6) is 0 Å². The molecule has 2 rings (SSSR count). The van der Waals surface area contributed by atoms with E-state index in [-0.39, 0.29) is 6.10 Å². The molecule has 0 spiro atoms. The van der Waals surface area contributed by atoms with Gasteiger partial charge < -0.3 is 5.11 Å². The maximum Gasteiger partial charge on any atom is 0.170 e. The molecule has 0 bridgehead atoms. The molecule has 15 heavy (non-hydrogen) atoms. The summed E-state index contributed by atoms with van der Waals surface area (Å²) in [4.78, 5) is 4.42. The minimum atomic E-state index is -0.155. The summed E-state index contributed by atoms with van der Waals surface area (Å²) in [5.41, 5.74) is 0. The normalized spacial score (nSPS) is 26.8. The van der Waals surface area contributed by atoms with Gasteiger partial charge in [-0.25, -0.2) is 4.98 Å². The first-order chi connectivity index (χ1) is 7.29. The molecule has 0 aromatic carbocycles. The number of hydrogen-bond donors (Lipinski definition) is 1. The lowest BCUT2D eigenvalue weighted by Crippen LogP contribution is -2.26. The molecule has 2 atom stereocenters. The van der Waals surface area contributed by atoms with Gasteiger partial charge in [-0.15, -0.1) is 0 Å². The van der Waals surface area contributed by atoms with Crippen LogP contribution in [0.3, 0.4) is 0 Å². The zero-order valence-corrected chi connectivity index (χ0v) is 10.5. The van der Waals surface area contributed by atoms with Gasteiger partial charge in [0.1, 0.15) is 5.82 Å². The third-order valence-corrected chi connectivity index (χ3v) is 4.89. The molecule has 5 heteroatoms. The molecule has 3 nitrogen and oxygen atoms in total. The molecule has 1 aliphatic carbocycles. The van der Waals surface area contributed by atoms with Crippen LogP contribution in [0.4, 0.5) is 0 Å². The topological polar surface area (TPSA) is 46.0 Å². The summed E-state index contributed by atoms with van der Waals surface area (Å²) in [5.74, 6) is 0.924. The van der Waals surface area contributed by atoms with Gasteiger partial charge in [-0.3, -0.25) is 0 Å². The molecule has 84 valence electrons. The Labute approximate surface area is 98.5 Å². The van der Waals surface area contributed by atoms with Crippen LogP contribution >= 0.6 is 23.3 Å². The second-order valence-electron chi connectivity index (χ2n) is 3.84. The van der Waals surface area contributed by atoms with Crippen molar-refractivity contribution in [3.05, 3.63) is 5.82 Å². The van der Waals surface area contributed by atoms with Crippen LogP contribution in [-0.4, -0.2) is 25.8 Å². The van der Waals surface area contributed by atoms with E-state index in [1.807, 2.05) is 0 Å². The predicted molar refractivity (Wildman–Crippen MR) is 63.4 cm³/mol. The van der Waals surface area contributed by atoms with Crippen LogP contribution in [0.25, 0.3) is 0 Å². The molecule has 0 aliphatic heterocycles. The molecule has 0 radical (unpaired) electrons. The summed E-state index contributed by atoms with van der Waals surface area (Å²) in [5, 5.41) is 10.2. The highest BCUT2D eigenvalue weighted by molar-refractivity contribution is 8.01. The van der Waals surface area contributed by atoms with Crippen LogP contribution in [-0.2, 0) is 6.42 Å². The molecule has 1 N–H and O–H groups in total. The lowest BCUT2D eigenvalue weighted by Gasteiger charge is -2.25. The van der Waals surface area contributed by atoms with Crippen molar-refractivity contribution in [2.24, 2.45) is 0 Å². The smallest absolute Gasteiger partial charge is 0.170 e. The lowest BCUT2D eigenvalue weighted by molar-refractivity contribution is 0.137. The van der Waals surface area contributed by atoms with E-state index in [4.69, 9.17) is 0 Å². The van der Waals surface area contributed by atoms with Gasteiger partial charge in [0, 0.05) is 11.7 Å². The van der Waals surface area contributed by atoms with Crippen molar-refractivity contribution in [2.45, 2.75) is 54.7 Å². The Hall–Kier alpha value is -0.130. The summed E-state index contributed by atoms with van der Waals surface area (Å²) < 4.78 is 5.27. The molecule has 1 saturated carbocycles. The van der Waals surface area contributed by atoms with Gasteiger partial charge in [0.25, 0.3) is 0 Å². The number of aromatic nitrogens is 2. The Morgan fingerprint density at radius 3 is 2.93 bits per heavy atom.